The number of nitrogens with one attached hydrogen (secondary N) is 1. The lowest BCUT2D eigenvalue weighted by Gasteiger charge is -2.24. The summed E-state index contributed by atoms with van der Waals surface area (Å²) < 4.78 is 7.35. The maximum absolute atomic E-state index is 12.2. The molecule has 1 N–H and O–H groups in total. The normalized spacial score (nSPS) is 16.1. The molecule has 0 spiro atoms. The lowest BCUT2D eigenvalue weighted by Crippen LogP contribution is -3.00. The van der Waals surface area contributed by atoms with Gasteiger partial charge >= 0.3 is 5.97 Å². The summed E-state index contributed by atoms with van der Waals surface area (Å²) in [4.78, 5) is 24.5. The highest BCUT2D eigenvalue weighted by molar-refractivity contribution is 5.96. The molecule has 23 heavy (non-hydrogen) atoms. The Bertz CT molecular complexity index is 530. The monoisotopic (exact) mass is 432 g/mol. The second kappa shape index (κ2) is 9.85. The van der Waals surface area contributed by atoms with Crippen molar-refractivity contribution in [2.24, 2.45) is 7.05 Å². The van der Waals surface area contributed by atoms with Crippen molar-refractivity contribution in [3.05, 3.63) is 30.1 Å². The molecular weight excluding hydrogens is 407 g/mol. The number of carbonyl (C=O) groups is 2. The zero-order valence-corrected chi connectivity index (χ0v) is 15.9. The summed E-state index contributed by atoms with van der Waals surface area (Å²) in [5, 5.41) is 2.77. The van der Waals surface area contributed by atoms with E-state index in [0.29, 0.717) is 12.0 Å². The molecule has 1 unspecified atom stereocenters. The van der Waals surface area contributed by atoms with Crippen molar-refractivity contribution in [2.45, 2.75) is 57.6 Å². The number of nitrogens with zero attached hydrogens (tertiary/aromatic N) is 1. The minimum Gasteiger partial charge on any atom is -1.00 e. The van der Waals surface area contributed by atoms with E-state index in [9.17, 15) is 9.59 Å². The van der Waals surface area contributed by atoms with Crippen LogP contribution in [0.3, 0.4) is 0 Å². The van der Waals surface area contributed by atoms with Gasteiger partial charge in [-0.3, -0.25) is 4.79 Å². The Kier molecular flexibility index (Phi) is 8.51. The van der Waals surface area contributed by atoms with Crippen LogP contribution >= 0.6 is 0 Å². The summed E-state index contributed by atoms with van der Waals surface area (Å²) >= 11 is 0. The van der Waals surface area contributed by atoms with Crippen LogP contribution in [0.25, 0.3) is 0 Å². The summed E-state index contributed by atoms with van der Waals surface area (Å²) in [7, 11) is 1.85. The van der Waals surface area contributed by atoms with Gasteiger partial charge in [-0.15, -0.1) is 0 Å². The summed E-state index contributed by atoms with van der Waals surface area (Å²) in [5.74, 6) is -0.563. The Balaban J connectivity index is 0.00000264. The number of rotatable bonds is 5. The van der Waals surface area contributed by atoms with Crippen molar-refractivity contribution in [1.29, 1.82) is 0 Å². The van der Waals surface area contributed by atoms with E-state index in [1.54, 1.807) is 22.9 Å². The minimum absolute atomic E-state index is 0. The first kappa shape index (κ1) is 19.9. The van der Waals surface area contributed by atoms with Crippen LogP contribution in [0.5, 0.6) is 0 Å². The zero-order valence-electron chi connectivity index (χ0n) is 13.8. The third kappa shape index (κ3) is 6.08. The van der Waals surface area contributed by atoms with Crippen molar-refractivity contribution in [1.82, 2.24) is 5.32 Å². The number of hydrogen-bond donors (Lipinski definition) is 1. The second-order valence-corrected chi connectivity index (χ2v) is 5.89. The highest BCUT2D eigenvalue weighted by Gasteiger charge is 2.25. The molecule has 0 aromatic carbocycles. The molecule has 1 fully saturated rings. The summed E-state index contributed by atoms with van der Waals surface area (Å²) in [5.41, 5.74) is 0.536. The number of carbonyl (C=O) groups excluding carboxylic acids is 2. The molecule has 1 aromatic heterocycles. The van der Waals surface area contributed by atoms with E-state index in [1.165, 1.54) is 6.42 Å². The molecule has 1 heterocycles. The third-order valence-corrected chi connectivity index (χ3v) is 4.04. The predicted octanol–water partition coefficient (Wildman–Crippen LogP) is -1.10. The van der Waals surface area contributed by atoms with Gasteiger partial charge in [0, 0.05) is 6.07 Å². The summed E-state index contributed by atoms with van der Waals surface area (Å²) in [6.45, 7) is 1.87. The fourth-order valence-electron chi connectivity index (χ4n) is 2.72. The van der Waals surface area contributed by atoms with Crippen LogP contribution in [-0.4, -0.2) is 24.0 Å². The molecule has 0 aliphatic heterocycles. The van der Waals surface area contributed by atoms with Crippen LogP contribution in [-0.2, 0) is 16.6 Å². The molecule has 5 nitrogen and oxygen atoms in total. The lowest BCUT2D eigenvalue weighted by molar-refractivity contribution is -0.671. The number of hydrogen-bond acceptors (Lipinski definition) is 3. The molecule has 1 atom stereocenters. The number of halogens is 1. The Morgan fingerprint density at radius 1 is 1.35 bits per heavy atom. The molecule has 0 saturated heterocycles. The van der Waals surface area contributed by atoms with E-state index in [0.717, 1.165) is 25.7 Å². The standard InChI is InChI=1S/C17H24N2O3.HI/c1-3-15(17(21)22-14-9-5-4-6-10-14)18-16(20)13-8-7-11-19(2)12-13;/h7-8,11-12,14-15H,3-6,9-10H2,1-2H3;1H. The van der Waals surface area contributed by atoms with E-state index in [4.69, 9.17) is 4.74 Å². The minimum atomic E-state index is -0.583. The molecule has 0 bridgehead atoms. The van der Waals surface area contributed by atoms with Crippen molar-refractivity contribution in [2.75, 3.05) is 0 Å². The van der Waals surface area contributed by atoms with Crippen LogP contribution in [0.1, 0.15) is 55.8 Å². The van der Waals surface area contributed by atoms with E-state index in [-0.39, 0.29) is 42.0 Å². The van der Waals surface area contributed by atoms with Crippen LogP contribution in [0.2, 0.25) is 0 Å². The molecule has 1 saturated carbocycles. The maximum atomic E-state index is 12.2. The Labute approximate surface area is 154 Å². The van der Waals surface area contributed by atoms with E-state index >= 15 is 0 Å². The molecule has 1 aromatic rings. The average Bonchev–Trinajstić information content (AvgIpc) is 2.53. The second-order valence-electron chi connectivity index (χ2n) is 5.89. The van der Waals surface area contributed by atoms with Gasteiger partial charge in [0.2, 0.25) is 0 Å². The van der Waals surface area contributed by atoms with Gasteiger partial charge in [0.25, 0.3) is 5.91 Å². The number of pyridine rings is 1. The number of esters is 1. The molecule has 1 amide bonds. The largest absolute Gasteiger partial charge is 1.00 e. The highest BCUT2D eigenvalue weighted by Crippen LogP contribution is 2.20. The van der Waals surface area contributed by atoms with Crippen molar-refractivity contribution in [3.8, 4) is 0 Å². The van der Waals surface area contributed by atoms with Gasteiger partial charge in [-0.25, -0.2) is 9.36 Å². The Hall–Kier alpha value is -1.18. The lowest BCUT2D eigenvalue weighted by atomic mass is 9.98. The SMILES string of the molecule is CCC(NC(=O)c1ccc[n+](C)c1)C(=O)OC1CCCCC1.[I-]. The van der Waals surface area contributed by atoms with Gasteiger partial charge in [-0.05, 0) is 38.2 Å². The van der Waals surface area contributed by atoms with Gasteiger partial charge in [0.1, 0.15) is 24.8 Å². The molecular formula is C17H25IN2O3. The van der Waals surface area contributed by atoms with Crippen LogP contribution in [0.15, 0.2) is 24.5 Å². The third-order valence-electron chi connectivity index (χ3n) is 4.04. The van der Waals surface area contributed by atoms with Crippen molar-refractivity contribution < 1.29 is 42.9 Å². The molecule has 1 aliphatic rings. The molecule has 6 heteroatoms. The number of ether oxygens (including phenoxy) is 1. The topological polar surface area (TPSA) is 59.3 Å². The van der Waals surface area contributed by atoms with Gasteiger partial charge in [-0.2, -0.15) is 0 Å². The smallest absolute Gasteiger partial charge is 0.328 e. The molecule has 1 aliphatic carbocycles. The quantitative estimate of drug-likeness (QED) is 0.365. The molecule has 128 valence electrons. The first-order valence-electron chi connectivity index (χ1n) is 8.06. The van der Waals surface area contributed by atoms with E-state index in [2.05, 4.69) is 5.32 Å². The van der Waals surface area contributed by atoms with Crippen LogP contribution in [0.4, 0.5) is 0 Å². The fourth-order valence-corrected chi connectivity index (χ4v) is 2.72. The van der Waals surface area contributed by atoms with Gasteiger partial charge in [0.15, 0.2) is 12.4 Å². The molecule has 0 radical (unpaired) electrons. The van der Waals surface area contributed by atoms with Crippen LogP contribution in [0, 0.1) is 0 Å². The van der Waals surface area contributed by atoms with Crippen molar-refractivity contribution >= 4 is 11.9 Å². The first-order chi connectivity index (χ1) is 10.6. The van der Waals surface area contributed by atoms with Gasteiger partial charge in [0.05, 0.1) is 0 Å². The van der Waals surface area contributed by atoms with E-state index < -0.39 is 6.04 Å². The number of aromatic nitrogens is 1. The van der Waals surface area contributed by atoms with Gasteiger partial charge < -0.3 is 34.0 Å². The first-order valence-corrected chi connectivity index (χ1v) is 8.06. The fraction of sp³-hybridized carbons (Fsp3) is 0.588. The predicted molar refractivity (Wildman–Crippen MR) is 82.1 cm³/mol. The van der Waals surface area contributed by atoms with Crippen LogP contribution < -0.4 is 33.9 Å². The average molecular weight is 432 g/mol. The highest BCUT2D eigenvalue weighted by atomic mass is 127. The van der Waals surface area contributed by atoms with E-state index in [1.807, 2.05) is 20.2 Å². The maximum Gasteiger partial charge on any atom is 0.328 e. The Morgan fingerprint density at radius 3 is 2.65 bits per heavy atom. The number of aryl methyl sites for hydroxylation is 1. The summed E-state index contributed by atoms with van der Waals surface area (Å²) in [6.07, 6.45) is 9.43. The van der Waals surface area contributed by atoms with Gasteiger partial charge in [-0.1, -0.05) is 13.3 Å². The molecule has 2 rings (SSSR count). The number of amides is 1. The van der Waals surface area contributed by atoms with Crippen molar-refractivity contribution in [3.63, 3.8) is 0 Å². The zero-order chi connectivity index (χ0) is 15.9. The summed E-state index contributed by atoms with van der Waals surface area (Å²) in [6, 6.07) is 2.95. The Morgan fingerprint density at radius 2 is 2.04 bits per heavy atom.